The molecule has 41 heavy (non-hydrogen) atoms. The molecule has 0 aromatic heterocycles. The van der Waals surface area contributed by atoms with Crippen molar-refractivity contribution in [3.63, 3.8) is 0 Å². The number of phosphoric acid groups is 1. The molecule has 2 aromatic rings. The number of ether oxygens (including phenoxy) is 2. The summed E-state index contributed by atoms with van der Waals surface area (Å²) in [5.41, 5.74) is 4.99. The van der Waals surface area contributed by atoms with Crippen molar-refractivity contribution in [2.45, 2.75) is 132 Å². The zero-order valence-corrected chi connectivity index (χ0v) is 29.0. The van der Waals surface area contributed by atoms with Crippen molar-refractivity contribution in [2.75, 3.05) is 13.2 Å². The Morgan fingerprint density at radius 2 is 0.805 bits per heavy atom. The molecule has 0 aliphatic heterocycles. The number of phosphoric ester groups is 1. The van der Waals surface area contributed by atoms with Gasteiger partial charge in [-0.1, -0.05) is 83.1 Å². The van der Waals surface area contributed by atoms with Gasteiger partial charge >= 0.3 is 7.82 Å². The zero-order chi connectivity index (χ0) is 31.6. The monoisotopic (exact) mass is 590 g/mol. The third-order valence-electron chi connectivity index (χ3n) is 6.90. The molecule has 6 nitrogen and oxygen atoms in total. The Bertz CT molecular complexity index is 1070. The summed E-state index contributed by atoms with van der Waals surface area (Å²) in [6.45, 7) is 30.6. The first-order valence-electron chi connectivity index (χ1n) is 14.7. The van der Waals surface area contributed by atoms with Crippen LogP contribution in [0.1, 0.15) is 130 Å². The maximum atomic E-state index is 13.1. The smallest absolute Gasteiger partial charge is 0.472 e. The van der Waals surface area contributed by atoms with E-state index in [-0.39, 0.29) is 34.9 Å². The van der Waals surface area contributed by atoms with E-state index in [4.69, 9.17) is 18.5 Å². The van der Waals surface area contributed by atoms with Crippen LogP contribution in [-0.2, 0) is 48.5 Å². The molecule has 0 saturated heterocycles. The van der Waals surface area contributed by atoms with Gasteiger partial charge in [0.2, 0.25) is 0 Å². The molecule has 2 rings (SSSR count). The van der Waals surface area contributed by atoms with Crippen LogP contribution in [0.15, 0.2) is 24.3 Å². The lowest BCUT2D eigenvalue weighted by Gasteiger charge is -2.30. The quantitative estimate of drug-likeness (QED) is 0.278. The summed E-state index contributed by atoms with van der Waals surface area (Å²) in [7, 11) is -4.36. The molecule has 0 radical (unpaired) electrons. The van der Waals surface area contributed by atoms with Crippen LogP contribution in [0.3, 0.4) is 0 Å². The van der Waals surface area contributed by atoms with Crippen molar-refractivity contribution in [2.24, 2.45) is 0 Å². The average Bonchev–Trinajstić information content (AvgIpc) is 2.80. The molecule has 0 aliphatic rings. The van der Waals surface area contributed by atoms with E-state index in [1.165, 1.54) is 0 Å². The second kappa shape index (κ2) is 12.8. The van der Waals surface area contributed by atoms with Crippen molar-refractivity contribution in [3.05, 3.63) is 57.6 Å². The molecule has 0 spiro atoms. The third-order valence-corrected chi connectivity index (χ3v) is 7.81. The molecule has 7 heteroatoms. The highest BCUT2D eigenvalue weighted by Crippen LogP contribution is 2.48. The van der Waals surface area contributed by atoms with Crippen LogP contribution in [0.2, 0.25) is 0 Å². The molecule has 0 fully saturated rings. The molecular weight excluding hydrogens is 535 g/mol. The lowest BCUT2D eigenvalue weighted by Crippen LogP contribution is -2.20. The van der Waals surface area contributed by atoms with E-state index in [1.807, 2.05) is 38.1 Å². The highest BCUT2D eigenvalue weighted by Gasteiger charge is 2.31. The van der Waals surface area contributed by atoms with Gasteiger partial charge in [0.25, 0.3) is 0 Å². The molecule has 0 heterocycles. The minimum Gasteiger partial charge on any atom is -0.493 e. The van der Waals surface area contributed by atoms with Crippen LogP contribution in [0.25, 0.3) is 0 Å². The van der Waals surface area contributed by atoms with Crippen molar-refractivity contribution >= 4 is 7.82 Å². The minimum absolute atomic E-state index is 0.0594. The molecular formula is C34H55O6P. The van der Waals surface area contributed by atoms with Gasteiger partial charge in [-0.3, -0.25) is 9.05 Å². The Hall–Kier alpha value is -1.85. The Balaban J connectivity index is 2.39. The summed E-state index contributed by atoms with van der Waals surface area (Å²) >= 11 is 0. The van der Waals surface area contributed by atoms with Gasteiger partial charge in [-0.05, 0) is 70.9 Å². The third kappa shape index (κ3) is 9.58. The normalized spacial score (nSPS) is 13.4. The fourth-order valence-corrected chi connectivity index (χ4v) is 5.42. The van der Waals surface area contributed by atoms with Crippen molar-refractivity contribution < 1.29 is 28.0 Å². The van der Waals surface area contributed by atoms with E-state index in [0.29, 0.717) is 13.2 Å². The van der Waals surface area contributed by atoms with Crippen molar-refractivity contribution in [1.82, 2.24) is 0 Å². The van der Waals surface area contributed by atoms with E-state index in [2.05, 4.69) is 83.1 Å². The summed E-state index contributed by atoms with van der Waals surface area (Å²) in [5, 5.41) is 0. The summed E-state index contributed by atoms with van der Waals surface area (Å²) in [6, 6.07) is 8.05. The van der Waals surface area contributed by atoms with E-state index < -0.39 is 7.82 Å². The number of hydrogen-bond acceptors (Lipinski definition) is 5. The van der Waals surface area contributed by atoms with Gasteiger partial charge in [0, 0.05) is 22.3 Å². The standard InChI is InChI=1S/C34H55O6P/c1-15-37-29-25(31(3,4)5)17-23(18-26(29)32(6,7)8)21-39-41(35,36)40-22-24-19-27(33(9,10)11)30(38-16-2)28(20-24)34(12,13)14/h17-20H,15-16,21-22H2,1-14H3,(H,35,36). The summed E-state index contributed by atoms with van der Waals surface area (Å²) in [5.74, 6) is 1.75. The van der Waals surface area contributed by atoms with Crippen LogP contribution < -0.4 is 9.47 Å². The first kappa shape index (κ1) is 35.3. The van der Waals surface area contributed by atoms with Crippen LogP contribution in [0, 0.1) is 0 Å². The predicted octanol–water partition coefficient (Wildman–Crippen LogP) is 9.51. The van der Waals surface area contributed by atoms with Gasteiger partial charge in [0.1, 0.15) is 11.5 Å². The van der Waals surface area contributed by atoms with Gasteiger partial charge in [0.05, 0.1) is 26.4 Å². The first-order chi connectivity index (χ1) is 18.5. The summed E-state index contributed by atoms with van der Waals surface area (Å²) in [6.07, 6.45) is 0. The Labute approximate surface area is 249 Å². The van der Waals surface area contributed by atoms with Gasteiger partial charge in [-0.25, -0.2) is 4.57 Å². The highest BCUT2D eigenvalue weighted by molar-refractivity contribution is 7.47. The summed E-state index contributed by atoms with van der Waals surface area (Å²) in [4.78, 5) is 10.7. The SMILES string of the molecule is CCOc1c(C(C)(C)C)cc(COP(=O)(O)OCc2cc(C(C)(C)C)c(OCC)c(C(C)(C)C)c2)cc1C(C)(C)C. The molecule has 0 bridgehead atoms. The van der Waals surface area contributed by atoms with Gasteiger partial charge in [-0.2, -0.15) is 0 Å². The van der Waals surface area contributed by atoms with Crippen LogP contribution in [0.5, 0.6) is 11.5 Å². The van der Waals surface area contributed by atoms with Crippen LogP contribution in [0.4, 0.5) is 0 Å². The van der Waals surface area contributed by atoms with E-state index in [0.717, 1.165) is 44.9 Å². The Kier molecular flexibility index (Phi) is 11.0. The van der Waals surface area contributed by atoms with Crippen LogP contribution in [-0.4, -0.2) is 18.1 Å². The molecule has 2 aromatic carbocycles. The molecule has 232 valence electrons. The van der Waals surface area contributed by atoms with E-state index in [9.17, 15) is 9.46 Å². The van der Waals surface area contributed by atoms with Crippen LogP contribution >= 0.6 is 7.82 Å². The molecule has 1 N–H and O–H groups in total. The van der Waals surface area contributed by atoms with Gasteiger partial charge in [0.15, 0.2) is 0 Å². The fourth-order valence-electron chi connectivity index (χ4n) is 4.72. The Morgan fingerprint density at radius 3 is 1.00 bits per heavy atom. The molecule has 0 unspecified atom stereocenters. The maximum absolute atomic E-state index is 13.1. The second-order valence-electron chi connectivity index (χ2n) is 14.9. The minimum atomic E-state index is -4.36. The number of benzene rings is 2. The largest absolute Gasteiger partial charge is 0.493 e. The molecule has 0 amide bonds. The van der Waals surface area contributed by atoms with E-state index in [1.54, 1.807) is 0 Å². The fraction of sp³-hybridized carbons (Fsp3) is 0.647. The highest BCUT2D eigenvalue weighted by atomic mass is 31.2. The van der Waals surface area contributed by atoms with E-state index >= 15 is 0 Å². The van der Waals surface area contributed by atoms with Gasteiger partial charge < -0.3 is 14.4 Å². The number of rotatable bonds is 10. The Morgan fingerprint density at radius 1 is 0.561 bits per heavy atom. The maximum Gasteiger partial charge on any atom is 0.472 e. The molecule has 0 atom stereocenters. The van der Waals surface area contributed by atoms with Crippen molar-refractivity contribution in [3.8, 4) is 11.5 Å². The van der Waals surface area contributed by atoms with Crippen molar-refractivity contribution in [1.29, 1.82) is 0 Å². The lowest BCUT2D eigenvalue weighted by atomic mass is 9.78. The lowest BCUT2D eigenvalue weighted by molar-refractivity contribution is 0.137. The average molecular weight is 591 g/mol. The molecule has 0 aliphatic carbocycles. The number of hydrogen-bond donors (Lipinski definition) is 1. The zero-order valence-electron chi connectivity index (χ0n) is 28.1. The predicted molar refractivity (Wildman–Crippen MR) is 169 cm³/mol. The molecule has 0 saturated carbocycles. The van der Waals surface area contributed by atoms with Gasteiger partial charge in [-0.15, -0.1) is 0 Å². The second-order valence-corrected chi connectivity index (χ2v) is 16.4. The topological polar surface area (TPSA) is 74.2 Å². The first-order valence-corrected chi connectivity index (χ1v) is 16.2. The summed E-state index contributed by atoms with van der Waals surface area (Å²) < 4.78 is 36.4.